The van der Waals surface area contributed by atoms with Crippen LogP contribution in [0.2, 0.25) is 0 Å². The van der Waals surface area contributed by atoms with E-state index in [0.717, 1.165) is 11.1 Å². The van der Waals surface area contributed by atoms with Gasteiger partial charge in [0.25, 0.3) is 10.0 Å². The molecule has 0 spiro atoms. The largest absolute Gasteiger partial charge is 0.496 e. The number of ether oxygens (including phenoxy) is 1. The van der Waals surface area contributed by atoms with Crippen molar-refractivity contribution < 1.29 is 13.2 Å². The zero-order valence-corrected chi connectivity index (χ0v) is 16.0. The maximum absolute atomic E-state index is 13.0. The minimum Gasteiger partial charge on any atom is -0.496 e. The van der Waals surface area contributed by atoms with Crippen molar-refractivity contribution in [1.29, 1.82) is 0 Å². The molecule has 0 saturated heterocycles. The summed E-state index contributed by atoms with van der Waals surface area (Å²) in [5, 5.41) is 0. The van der Waals surface area contributed by atoms with Gasteiger partial charge in [0, 0.05) is 6.54 Å². The van der Waals surface area contributed by atoms with Crippen molar-refractivity contribution in [2.24, 2.45) is 0 Å². The first-order valence-corrected chi connectivity index (χ1v) is 9.48. The number of nitrogens with zero attached hydrogens (tertiary/aromatic N) is 1. The number of hydrogen-bond donors (Lipinski definition) is 0. The first-order valence-electron chi connectivity index (χ1n) is 7.24. The molecule has 0 N–H and O–H groups in total. The van der Waals surface area contributed by atoms with E-state index in [1.54, 1.807) is 25.3 Å². The average Bonchev–Trinajstić information content (AvgIpc) is 2.49. The fraction of sp³-hybridized carbons (Fsp3) is 0.294. The smallest absolute Gasteiger partial charge is 0.264 e. The summed E-state index contributed by atoms with van der Waals surface area (Å²) in [7, 11) is -2.10. The lowest BCUT2D eigenvalue weighted by atomic mass is 10.1. The maximum atomic E-state index is 13.0. The maximum Gasteiger partial charge on any atom is 0.264 e. The second-order valence-corrected chi connectivity index (χ2v) is 7.97. The molecule has 0 aromatic heterocycles. The van der Waals surface area contributed by atoms with Gasteiger partial charge in [-0.3, -0.25) is 4.31 Å². The van der Waals surface area contributed by atoms with Gasteiger partial charge in [0.2, 0.25) is 0 Å². The quantitative estimate of drug-likeness (QED) is 0.755. The average molecular weight is 398 g/mol. The number of hydrogen-bond acceptors (Lipinski definition) is 3. The van der Waals surface area contributed by atoms with Crippen molar-refractivity contribution in [3.05, 3.63) is 52.0 Å². The summed E-state index contributed by atoms with van der Waals surface area (Å²) >= 11 is 3.34. The minimum atomic E-state index is -3.64. The SMILES string of the molecule is CCN(c1ccc(C)cc1C)S(=O)(=O)c1ccc(OC)c(Br)c1. The molecular weight excluding hydrogens is 378 g/mol. The van der Waals surface area contributed by atoms with Crippen LogP contribution >= 0.6 is 15.9 Å². The summed E-state index contributed by atoms with van der Waals surface area (Å²) in [6.07, 6.45) is 0. The van der Waals surface area contributed by atoms with E-state index in [2.05, 4.69) is 15.9 Å². The predicted octanol–water partition coefficient (Wildman–Crippen LogP) is 4.29. The molecule has 0 aliphatic rings. The second-order valence-electron chi connectivity index (χ2n) is 5.26. The number of anilines is 1. The first kappa shape index (κ1) is 17.8. The Morgan fingerprint density at radius 1 is 1.13 bits per heavy atom. The summed E-state index contributed by atoms with van der Waals surface area (Å²) in [5.74, 6) is 0.596. The van der Waals surface area contributed by atoms with Crippen LogP contribution < -0.4 is 9.04 Å². The Morgan fingerprint density at radius 3 is 2.35 bits per heavy atom. The Balaban J connectivity index is 2.53. The van der Waals surface area contributed by atoms with Crippen LogP contribution in [0.3, 0.4) is 0 Å². The van der Waals surface area contributed by atoms with Crippen molar-refractivity contribution in [3.8, 4) is 5.75 Å². The third kappa shape index (κ3) is 3.53. The molecule has 23 heavy (non-hydrogen) atoms. The molecule has 0 unspecified atom stereocenters. The van der Waals surface area contributed by atoms with Gasteiger partial charge < -0.3 is 4.74 Å². The van der Waals surface area contributed by atoms with Crippen LogP contribution in [0, 0.1) is 13.8 Å². The second kappa shape index (κ2) is 6.93. The van der Waals surface area contributed by atoms with Gasteiger partial charge in [-0.1, -0.05) is 17.7 Å². The zero-order valence-electron chi connectivity index (χ0n) is 13.6. The predicted molar refractivity (Wildman–Crippen MR) is 96.8 cm³/mol. The lowest BCUT2D eigenvalue weighted by Gasteiger charge is -2.25. The highest BCUT2D eigenvalue weighted by Gasteiger charge is 2.25. The minimum absolute atomic E-state index is 0.229. The van der Waals surface area contributed by atoms with Gasteiger partial charge in [0.15, 0.2) is 0 Å². The van der Waals surface area contributed by atoms with Crippen molar-refractivity contribution in [3.63, 3.8) is 0 Å². The molecule has 0 aliphatic heterocycles. The highest BCUT2D eigenvalue weighted by Crippen LogP contribution is 2.31. The van der Waals surface area contributed by atoms with Crippen molar-refractivity contribution in [2.45, 2.75) is 25.7 Å². The van der Waals surface area contributed by atoms with Gasteiger partial charge in [-0.15, -0.1) is 0 Å². The van der Waals surface area contributed by atoms with Crippen LogP contribution in [-0.2, 0) is 10.0 Å². The molecule has 0 aliphatic carbocycles. The highest BCUT2D eigenvalue weighted by molar-refractivity contribution is 9.10. The van der Waals surface area contributed by atoms with Crippen LogP contribution in [0.5, 0.6) is 5.75 Å². The molecule has 4 nitrogen and oxygen atoms in total. The van der Waals surface area contributed by atoms with Crippen LogP contribution in [0.4, 0.5) is 5.69 Å². The molecule has 0 heterocycles. The van der Waals surface area contributed by atoms with Gasteiger partial charge in [-0.2, -0.15) is 0 Å². The normalized spacial score (nSPS) is 11.3. The van der Waals surface area contributed by atoms with E-state index in [0.29, 0.717) is 22.5 Å². The Hall–Kier alpha value is -1.53. The topological polar surface area (TPSA) is 46.6 Å². The molecule has 2 aromatic carbocycles. The van der Waals surface area contributed by atoms with Gasteiger partial charge >= 0.3 is 0 Å². The lowest BCUT2D eigenvalue weighted by molar-refractivity contribution is 0.411. The van der Waals surface area contributed by atoms with Crippen molar-refractivity contribution >= 4 is 31.6 Å². The van der Waals surface area contributed by atoms with Gasteiger partial charge in [-0.25, -0.2) is 8.42 Å². The van der Waals surface area contributed by atoms with Gasteiger partial charge in [0.1, 0.15) is 5.75 Å². The van der Waals surface area contributed by atoms with E-state index >= 15 is 0 Å². The van der Waals surface area contributed by atoms with E-state index in [-0.39, 0.29) is 4.90 Å². The molecule has 0 atom stereocenters. The molecule has 0 saturated carbocycles. The molecule has 2 aromatic rings. The monoisotopic (exact) mass is 397 g/mol. The third-order valence-electron chi connectivity index (χ3n) is 3.62. The fourth-order valence-corrected chi connectivity index (χ4v) is 4.75. The molecule has 0 radical (unpaired) electrons. The molecule has 6 heteroatoms. The Labute approximate surface area is 146 Å². The van der Waals surface area contributed by atoms with E-state index in [1.165, 1.54) is 4.31 Å². The number of rotatable bonds is 5. The lowest BCUT2D eigenvalue weighted by Crippen LogP contribution is -2.31. The standard InChI is InChI=1S/C17H20BrNO3S/c1-5-19(16-8-6-12(2)10-13(16)3)23(20,21)14-7-9-17(22-4)15(18)11-14/h6-11H,5H2,1-4H3. The van der Waals surface area contributed by atoms with Crippen LogP contribution in [0.15, 0.2) is 45.8 Å². The molecular formula is C17H20BrNO3S. The number of sulfonamides is 1. The fourth-order valence-electron chi connectivity index (χ4n) is 2.49. The molecule has 2 rings (SSSR count). The number of aryl methyl sites for hydroxylation is 2. The summed E-state index contributed by atoms with van der Waals surface area (Å²) in [4.78, 5) is 0.229. The van der Waals surface area contributed by atoms with Gasteiger partial charge in [-0.05, 0) is 66.5 Å². The Morgan fingerprint density at radius 2 is 1.83 bits per heavy atom. The summed E-state index contributed by atoms with van der Waals surface area (Å²) in [6, 6.07) is 10.5. The molecule has 124 valence electrons. The zero-order chi connectivity index (χ0) is 17.2. The van der Waals surface area contributed by atoms with Crippen LogP contribution in [0.1, 0.15) is 18.1 Å². The number of benzene rings is 2. The summed E-state index contributed by atoms with van der Waals surface area (Å²) in [6.45, 7) is 6.10. The highest BCUT2D eigenvalue weighted by atomic mass is 79.9. The van der Waals surface area contributed by atoms with E-state index in [1.807, 2.05) is 39.0 Å². The van der Waals surface area contributed by atoms with Crippen molar-refractivity contribution in [1.82, 2.24) is 0 Å². The number of methoxy groups -OCH3 is 1. The molecule has 0 amide bonds. The van der Waals surface area contributed by atoms with E-state index < -0.39 is 10.0 Å². The van der Waals surface area contributed by atoms with E-state index in [4.69, 9.17) is 4.74 Å². The van der Waals surface area contributed by atoms with Crippen LogP contribution in [-0.4, -0.2) is 22.1 Å². The first-order chi connectivity index (χ1) is 10.8. The Bertz CT molecular complexity index is 819. The molecule has 0 fully saturated rings. The summed E-state index contributed by atoms with van der Waals surface area (Å²) < 4.78 is 33.2. The van der Waals surface area contributed by atoms with E-state index in [9.17, 15) is 8.42 Å². The van der Waals surface area contributed by atoms with Crippen molar-refractivity contribution in [2.75, 3.05) is 18.0 Å². The summed E-state index contributed by atoms with van der Waals surface area (Å²) in [5.41, 5.74) is 2.74. The Kier molecular flexibility index (Phi) is 5.37. The van der Waals surface area contributed by atoms with Crippen LogP contribution in [0.25, 0.3) is 0 Å². The molecule has 0 bridgehead atoms. The third-order valence-corrected chi connectivity index (χ3v) is 6.12. The number of halogens is 1. The van der Waals surface area contributed by atoms with Gasteiger partial charge in [0.05, 0.1) is 22.2 Å².